The smallest absolute Gasteiger partial charge is 0.326 e. The number of rotatable bonds is 9. The largest absolute Gasteiger partial charge is 0.480 e. The molecule has 1 aliphatic heterocycles. The van der Waals surface area contributed by atoms with Crippen molar-refractivity contribution in [2.24, 2.45) is 16.5 Å². The number of aliphatic imine (C=N–C) groups is 1. The monoisotopic (exact) mass is 356 g/mol. The standard InChI is InChI=1S/C14H24N6O5/c1-7(18-12(23)8-4-5-10(21)19-8)11(22)20-9(13(24)25)3-2-6-17-14(15)16/h7-9H,2-6H2,1H3,(H,18,23)(H,19,21)(H,20,22)(H,24,25)(H4,15,16,17). The summed E-state index contributed by atoms with van der Waals surface area (Å²) in [4.78, 5) is 50.1. The van der Waals surface area contributed by atoms with Gasteiger partial charge in [0.05, 0.1) is 0 Å². The maximum Gasteiger partial charge on any atom is 0.326 e. The van der Waals surface area contributed by atoms with Gasteiger partial charge in [0, 0.05) is 13.0 Å². The molecule has 3 unspecified atom stereocenters. The van der Waals surface area contributed by atoms with Crippen LogP contribution in [0.5, 0.6) is 0 Å². The van der Waals surface area contributed by atoms with E-state index in [9.17, 15) is 19.2 Å². The van der Waals surface area contributed by atoms with Crippen LogP contribution in [0.3, 0.4) is 0 Å². The minimum Gasteiger partial charge on any atom is -0.480 e. The molecule has 0 aromatic heterocycles. The number of carbonyl (C=O) groups excluding carboxylic acids is 3. The molecule has 0 spiro atoms. The topological polar surface area (TPSA) is 189 Å². The summed E-state index contributed by atoms with van der Waals surface area (Å²) in [6, 6.07) is -2.73. The van der Waals surface area contributed by atoms with Crippen molar-refractivity contribution in [3.63, 3.8) is 0 Å². The lowest BCUT2D eigenvalue weighted by molar-refractivity contribution is -0.142. The van der Waals surface area contributed by atoms with Crippen molar-refractivity contribution < 1.29 is 24.3 Å². The van der Waals surface area contributed by atoms with E-state index in [1.165, 1.54) is 6.92 Å². The summed E-state index contributed by atoms with van der Waals surface area (Å²) in [7, 11) is 0. The molecule has 140 valence electrons. The molecule has 0 bridgehead atoms. The highest BCUT2D eigenvalue weighted by atomic mass is 16.4. The fourth-order valence-corrected chi connectivity index (χ4v) is 2.25. The van der Waals surface area contributed by atoms with Crippen LogP contribution in [0.15, 0.2) is 4.99 Å². The minimum absolute atomic E-state index is 0.0914. The number of carboxylic acids is 1. The van der Waals surface area contributed by atoms with Crippen LogP contribution in [0, 0.1) is 0 Å². The van der Waals surface area contributed by atoms with Crippen LogP contribution in [0.4, 0.5) is 0 Å². The molecule has 0 aromatic rings. The average Bonchev–Trinajstić information content (AvgIpc) is 2.96. The Balaban J connectivity index is 2.46. The molecule has 0 saturated carbocycles. The van der Waals surface area contributed by atoms with Gasteiger partial charge in [0.15, 0.2) is 5.96 Å². The molecule has 1 heterocycles. The first-order chi connectivity index (χ1) is 11.7. The van der Waals surface area contributed by atoms with E-state index in [1.54, 1.807) is 0 Å². The summed E-state index contributed by atoms with van der Waals surface area (Å²) in [5, 5.41) is 16.5. The van der Waals surface area contributed by atoms with Crippen LogP contribution in [0.1, 0.15) is 32.6 Å². The van der Waals surface area contributed by atoms with Crippen molar-refractivity contribution in [2.75, 3.05) is 6.54 Å². The van der Waals surface area contributed by atoms with Gasteiger partial charge < -0.3 is 32.5 Å². The Morgan fingerprint density at radius 2 is 2.04 bits per heavy atom. The van der Waals surface area contributed by atoms with Crippen LogP contribution in [0.2, 0.25) is 0 Å². The molecule has 1 saturated heterocycles. The highest BCUT2D eigenvalue weighted by Gasteiger charge is 2.30. The maximum atomic E-state index is 12.1. The Morgan fingerprint density at radius 1 is 1.36 bits per heavy atom. The van der Waals surface area contributed by atoms with E-state index < -0.39 is 35.9 Å². The molecule has 0 aliphatic carbocycles. The first-order valence-corrected chi connectivity index (χ1v) is 7.89. The minimum atomic E-state index is -1.19. The van der Waals surface area contributed by atoms with E-state index in [-0.39, 0.29) is 31.3 Å². The highest BCUT2D eigenvalue weighted by molar-refractivity contribution is 5.94. The lowest BCUT2D eigenvalue weighted by Crippen LogP contribution is -2.53. The third kappa shape index (κ3) is 7.06. The van der Waals surface area contributed by atoms with Crippen LogP contribution in [-0.4, -0.2) is 59.4 Å². The van der Waals surface area contributed by atoms with E-state index in [4.69, 9.17) is 16.6 Å². The number of amides is 3. The normalized spacial score (nSPS) is 18.6. The first-order valence-electron chi connectivity index (χ1n) is 7.89. The van der Waals surface area contributed by atoms with Gasteiger partial charge in [-0.05, 0) is 26.2 Å². The number of nitrogens with one attached hydrogen (secondary N) is 3. The summed E-state index contributed by atoms with van der Waals surface area (Å²) in [5.74, 6) is -2.62. The Labute approximate surface area is 144 Å². The molecule has 25 heavy (non-hydrogen) atoms. The molecular formula is C14H24N6O5. The van der Waals surface area contributed by atoms with E-state index in [0.717, 1.165) is 0 Å². The number of nitrogens with two attached hydrogens (primary N) is 2. The van der Waals surface area contributed by atoms with Gasteiger partial charge in [0.1, 0.15) is 18.1 Å². The number of guanidine groups is 1. The molecule has 0 aromatic carbocycles. The van der Waals surface area contributed by atoms with E-state index >= 15 is 0 Å². The van der Waals surface area contributed by atoms with Crippen LogP contribution >= 0.6 is 0 Å². The van der Waals surface area contributed by atoms with Gasteiger partial charge in [-0.15, -0.1) is 0 Å². The zero-order valence-electron chi connectivity index (χ0n) is 13.9. The molecule has 1 fully saturated rings. The predicted octanol–water partition coefficient (Wildman–Crippen LogP) is -2.61. The summed E-state index contributed by atoms with van der Waals surface area (Å²) < 4.78 is 0. The van der Waals surface area contributed by atoms with Gasteiger partial charge in [0.25, 0.3) is 0 Å². The fourth-order valence-electron chi connectivity index (χ4n) is 2.25. The van der Waals surface area contributed by atoms with Crippen molar-refractivity contribution in [3.8, 4) is 0 Å². The first kappa shape index (κ1) is 20.2. The second-order valence-electron chi connectivity index (χ2n) is 5.74. The number of nitrogens with zero attached hydrogens (tertiary/aromatic N) is 1. The zero-order chi connectivity index (χ0) is 19.0. The van der Waals surface area contributed by atoms with Crippen molar-refractivity contribution in [3.05, 3.63) is 0 Å². The van der Waals surface area contributed by atoms with Gasteiger partial charge in [-0.25, -0.2) is 4.79 Å². The van der Waals surface area contributed by atoms with E-state index in [2.05, 4.69) is 20.9 Å². The van der Waals surface area contributed by atoms with Crippen molar-refractivity contribution >= 4 is 29.7 Å². The van der Waals surface area contributed by atoms with Crippen molar-refractivity contribution in [2.45, 2.75) is 50.7 Å². The summed E-state index contributed by atoms with van der Waals surface area (Å²) in [5.41, 5.74) is 10.3. The van der Waals surface area contributed by atoms with Crippen LogP contribution < -0.4 is 27.4 Å². The second-order valence-corrected chi connectivity index (χ2v) is 5.74. The Bertz CT molecular complexity index is 560. The third-order valence-electron chi connectivity index (χ3n) is 3.62. The highest BCUT2D eigenvalue weighted by Crippen LogP contribution is 2.06. The van der Waals surface area contributed by atoms with Crippen molar-refractivity contribution in [1.29, 1.82) is 0 Å². The van der Waals surface area contributed by atoms with Crippen LogP contribution in [0.25, 0.3) is 0 Å². The van der Waals surface area contributed by atoms with Gasteiger partial charge >= 0.3 is 5.97 Å². The Morgan fingerprint density at radius 3 is 2.56 bits per heavy atom. The molecule has 3 amide bonds. The molecule has 0 radical (unpaired) electrons. The number of carbonyl (C=O) groups is 4. The zero-order valence-corrected chi connectivity index (χ0v) is 13.9. The Hall–Kier alpha value is -2.85. The molecule has 11 heteroatoms. The van der Waals surface area contributed by atoms with Gasteiger partial charge in [-0.3, -0.25) is 19.4 Å². The number of aliphatic carboxylic acids is 1. The van der Waals surface area contributed by atoms with E-state index in [1.807, 2.05) is 0 Å². The van der Waals surface area contributed by atoms with Gasteiger partial charge in [0.2, 0.25) is 17.7 Å². The van der Waals surface area contributed by atoms with E-state index in [0.29, 0.717) is 12.8 Å². The third-order valence-corrected chi connectivity index (χ3v) is 3.62. The lowest BCUT2D eigenvalue weighted by Gasteiger charge is -2.20. The SMILES string of the molecule is CC(NC(=O)C1CCC(=O)N1)C(=O)NC(CCCN=C(N)N)C(=O)O. The Kier molecular flexibility index (Phi) is 7.63. The maximum absolute atomic E-state index is 12.1. The summed E-state index contributed by atoms with van der Waals surface area (Å²) in [6.45, 7) is 1.68. The van der Waals surface area contributed by atoms with Gasteiger partial charge in [-0.1, -0.05) is 0 Å². The van der Waals surface area contributed by atoms with Crippen LogP contribution in [-0.2, 0) is 19.2 Å². The molecule has 1 rings (SSSR count). The quantitative estimate of drug-likeness (QED) is 0.148. The fraction of sp³-hybridized carbons (Fsp3) is 0.643. The van der Waals surface area contributed by atoms with Gasteiger partial charge in [-0.2, -0.15) is 0 Å². The summed E-state index contributed by atoms with van der Waals surface area (Å²) >= 11 is 0. The number of hydrogen-bond acceptors (Lipinski definition) is 5. The lowest BCUT2D eigenvalue weighted by atomic mass is 10.1. The average molecular weight is 356 g/mol. The summed E-state index contributed by atoms with van der Waals surface area (Å²) in [6.07, 6.45) is 1.12. The second kappa shape index (κ2) is 9.45. The molecule has 3 atom stereocenters. The van der Waals surface area contributed by atoms with Crippen molar-refractivity contribution in [1.82, 2.24) is 16.0 Å². The predicted molar refractivity (Wildman–Crippen MR) is 88.2 cm³/mol. The molecular weight excluding hydrogens is 332 g/mol. The molecule has 1 aliphatic rings. The number of hydrogen-bond donors (Lipinski definition) is 6. The molecule has 11 nitrogen and oxygen atoms in total. The number of carboxylic acid groups (broad SMARTS) is 1. The molecule has 8 N–H and O–H groups in total.